The van der Waals surface area contributed by atoms with Gasteiger partial charge in [-0.3, -0.25) is 4.79 Å². The van der Waals surface area contributed by atoms with Gasteiger partial charge in [0.15, 0.2) is 0 Å². The van der Waals surface area contributed by atoms with Gasteiger partial charge in [0, 0.05) is 23.5 Å². The minimum absolute atomic E-state index is 0.229. The van der Waals surface area contributed by atoms with Gasteiger partial charge in [0.05, 0.1) is 12.7 Å². The lowest BCUT2D eigenvalue weighted by Gasteiger charge is -2.33. The third-order valence-electron chi connectivity index (χ3n) is 4.59. The molecule has 3 rings (SSSR count). The molecule has 1 fully saturated rings. The van der Waals surface area contributed by atoms with Crippen LogP contribution in [0.1, 0.15) is 44.2 Å². The van der Waals surface area contributed by atoms with Crippen molar-refractivity contribution in [1.82, 2.24) is 4.90 Å². The Balaban J connectivity index is 1.82. The Bertz CT molecular complexity index is 644. The summed E-state index contributed by atoms with van der Waals surface area (Å²) in [6, 6.07) is 6.62. The van der Waals surface area contributed by atoms with Gasteiger partial charge in [0.25, 0.3) is 0 Å². The van der Waals surface area contributed by atoms with E-state index in [-0.39, 0.29) is 5.91 Å². The first-order valence-corrected chi connectivity index (χ1v) is 7.97. The van der Waals surface area contributed by atoms with Crippen LogP contribution >= 0.6 is 0 Å². The summed E-state index contributed by atoms with van der Waals surface area (Å²) in [7, 11) is 0. The molecular formula is C18H23NO2. The summed E-state index contributed by atoms with van der Waals surface area (Å²) < 4.78 is 5.59. The van der Waals surface area contributed by atoms with Crippen molar-refractivity contribution in [2.75, 3.05) is 6.54 Å². The summed E-state index contributed by atoms with van der Waals surface area (Å²) in [5, 5.41) is 1.09. The normalized spacial score (nSPS) is 19.1. The van der Waals surface area contributed by atoms with Crippen LogP contribution < -0.4 is 0 Å². The highest BCUT2D eigenvalue weighted by Gasteiger charge is 2.24. The Hall–Kier alpha value is -1.77. The van der Waals surface area contributed by atoms with E-state index in [1.54, 1.807) is 6.26 Å². The van der Waals surface area contributed by atoms with Crippen molar-refractivity contribution in [2.24, 2.45) is 0 Å². The maximum absolute atomic E-state index is 12.6. The van der Waals surface area contributed by atoms with Crippen molar-refractivity contribution in [2.45, 2.75) is 52.0 Å². The van der Waals surface area contributed by atoms with Crippen LogP contribution in [0.15, 0.2) is 28.9 Å². The second-order valence-corrected chi connectivity index (χ2v) is 6.05. The zero-order valence-corrected chi connectivity index (χ0v) is 12.9. The van der Waals surface area contributed by atoms with E-state index in [9.17, 15) is 4.79 Å². The van der Waals surface area contributed by atoms with Gasteiger partial charge in [-0.05, 0) is 50.3 Å². The summed E-state index contributed by atoms with van der Waals surface area (Å²) in [6.07, 6.45) is 6.68. The lowest BCUT2D eigenvalue weighted by molar-refractivity contribution is -0.133. The summed E-state index contributed by atoms with van der Waals surface area (Å²) in [5.41, 5.74) is 3.17. The standard InChI is InChI=1S/C18H23NO2/c1-3-14-7-8-17-16(10-14)15(12-21-17)11-18(20)19-9-5-4-6-13(19)2/h7-8,10,12-13H,3-6,9,11H2,1-2H3. The van der Waals surface area contributed by atoms with E-state index < -0.39 is 0 Å². The highest BCUT2D eigenvalue weighted by atomic mass is 16.3. The third kappa shape index (κ3) is 2.82. The quantitative estimate of drug-likeness (QED) is 0.856. The third-order valence-corrected chi connectivity index (χ3v) is 4.59. The predicted octanol–water partition coefficient (Wildman–Crippen LogP) is 3.94. The second-order valence-electron chi connectivity index (χ2n) is 6.05. The van der Waals surface area contributed by atoms with Crippen LogP contribution in [0.3, 0.4) is 0 Å². The zero-order valence-electron chi connectivity index (χ0n) is 12.9. The maximum Gasteiger partial charge on any atom is 0.227 e. The largest absolute Gasteiger partial charge is 0.464 e. The molecule has 1 aromatic carbocycles. The first kappa shape index (κ1) is 14.2. The summed E-state index contributed by atoms with van der Waals surface area (Å²) in [4.78, 5) is 14.6. The van der Waals surface area contributed by atoms with Crippen LogP contribution in [0.5, 0.6) is 0 Å². The number of aryl methyl sites for hydroxylation is 1. The van der Waals surface area contributed by atoms with Gasteiger partial charge in [0.1, 0.15) is 5.58 Å². The number of amides is 1. The van der Waals surface area contributed by atoms with Gasteiger partial charge in [-0.15, -0.1) is 0 Å². The van der Waals surface area contributed by atoms with Gasteiger partial charge in [-0.1, -0.05) is 13.0 Å². The Morgan fingerprint density at radius 3 is 3.00 bits per heavy atom. The van der Waals surface area contributed by atoms with Crippen molar-refractivity contribution in [3.8, 4) is 0 Å². The number of piperidine rings is 1. The molecule has 3 heteroatoms. The molecule has 1 atom stereocenters. The van der Waals surface area contributed by atoms with E-state index in [1.807, 2.05) is 11.0 Å². The molecule has 0 spiro atoms. The van der Waals surface area contributed by atoms with Crippen molar-refractivity contribution in [3.63, 3.8) is 0 Å². The van der Waals surface area contributed by atoms with E-state index in [1.165, 1.54) is 12.0 Å². The molecule has 3 nitrogen and oxygen atoms in total. The molecule has 2 aromatic rings. The van der Waals surface area contributed by atoms with Crippen LogP contribution in [0.4, 0.5) is 0 Å². The Labute approximate surface area is 125 Å². The van der Waals surface area contributed by atoms with Crippen LogP contribution in [0.2, 0.25) is 0 Å². The maximum atomic E-state index is 12.6. The summed E-state index contributed by atoms with van der Waals surface area (Å²) in [5.74, 6) is 0.229. The van der Waals surface area contributed by atoms with Gasteiger partial charge in [-0.25, -0.2) is 0 Å². The molecule has 0 aliphatic carbocycles. The number of likely N-dealkylation sites (tertiary alicyclic amines) is 1. The number of carbonyl (C=O) groups excluding carboxylic acids is 1. The number of hydrogen-bond acceptors (Lipinski definition) is 2. The van der Waals surface area contributed by atoms with E-state index in [2.05, 4.69) is 26.0 Å². The van der Waals surface area contributed by atoms with E-state index in [4.69, 9.17) is 4.42 Å². The van der Waals surface area contributed by atoms with Crippen molar-refractivity contribution >= 4 is 16.9 Å². The minimum atomic E-state index is 0.229. The molecule has 0 bridgehead atoms. The molecule has 21 heavy (non-hydrogen) atoms. The van der Waals surface area contributed by atoms with Gasteiger partial charge >= 0.3 is 0 Å². The molecule has 0 radical (unpaired) electrons. The minimum Gasteiger partial charge on any atom is -0.464 e. The number of fused-ring (bicyclic) bond motifs is 1. The fraction of sp³-hybridized carbons (Fsp3) is 0.500. The highest BCUT2D eigenvalue weighted by Crippen LogP contribution is 2.25. The number of furan rings is 1. The molecule has 1 aliphatic rings. The van der Waals surface area contributed by atoms with E-state index in [0.29, 0.717) is 12.5 Å². The molecule has 1 unspecified atom stereocenters. The number of carbonyl (C=O) groups is 1. The first-order chi connectivity index (χ1) is 10.2. The SMILES string of the molecule is CCc1ccc2occ(CC(=O)N3CCCCC3C)c2c1. The fourth-order valence-corrected chi connectivity index (χ4v) is 3.22. The van der Waals surface area contributed by atoms with E-state index >= 15 is 0 Å². The molecule has 1 saturated heterocycles. The van der Waals surface area contributed by atoms with Crippen LogP contribution in [-0.4, -0.2) is 23.4 Å². The molecule has 2 heterocycles. The van der Waals surface area contributed by atoms with E-state index in [0.717, 1.165) is 42.3 Å². The number of nitrogens with zero attached hydrogens (tertiary/aromatic N) is 1. The molecule has 0 N–H and O–H groups in total. The predicted molar refractivity (Wildman–Crippen MR) is 84.3 cm³/mol. The second kappa shape index (κ2) is 5.92. The van der Waals surface area contributed by atoms with Gasteiger partial charge in [0.2, 0.25) is 5.91 Å². The topological polar surface area (TPSA) is 33.5 Å². The van der Waals surface area contributed by atoms with Crippen molar-refractivity contribution in [3.05, 3.63) is 35.6 Å². The monoisotopic (exact) mass is 285 g/mol. The summed E-state index contributed by atoms with van der Waals surface area (Å²) in [6.45, 7) is 5.19. The average molecular weight is 285 g/mol. The Morgan fingerprint density at radius 2 is 2.24 bits per heavy atom. The fourth-order valence-electron chi connectivity index (χ4n) is 3.22. The van der Waals surface area contributed by atoms with Gasteiger partial charge < -0.3 is 9.32 Å². The number of hydrogen-bond donors (Lipinski definition) is 0. The molecule has 1 aromatic heterocycles. The highest BCUT2D eigenvalue weighted by molar-refractivity contribution is 5.88. The van der Waals surface area contributed by atoms with Gasteiger partial charge in [-0.2, -0.15) is 0 Å². The summed E-state index contributed by atoms with van der Waals surface area (Å²) >= 11 is 0. The van der Waals surface area contributed by atoms with Crippen LogP contribution in [0, 0.1) is 0 Å². The first-order valence-electron chi connectivity index (χ1n) is 7.97. The Morgan fingerprint density at radius 1 is 1.38 bits per heavy atom. The lowest BCUT2D eigenvalue weighted by atomic mass is 10.0. The molecular weight excluding hydrogens is 262 g/mol. The average Bonchev–Trinajstić information content (AvgIpc) is 2.90. The number of benzene rings is 1. The lowest BCUT2D eigenvalue weighted by Crippen LogP contribution is -2.42. The number of rotatable bonds is 3. The smallest absolute Gasteiger partial charge is 0.227 e. The van der Waals surface area contributed by atoms with Crippen molar-refractivity contribution in [1.29, 1.82) is 0 Å². The molecule has 1 aliphatic heterocycles. The Kier molecular flexibility index (Phi) is 4.00. The van der Waals surface area contributed by atoms with Crippen molar-refractivity contribution < 1.29 is 9.21 Å². The van der Waals surface area contributed by atoms with Crippen LogP contribution in [-0.2, 0) is 17.6 Å². The van der Waals surface area contributed by atoms with Crippen LogP contribution in [0.25, 0.3) is 11.0 Å². The zero-order chi connectivity index (χ0) is 14.8. The molecule has 0 saturated carbocycles. The molecule has 112 valence electrons. The molecule has 1 amide bonds.